The average Bonchev–Trinajstić information content (AvgIpc) is 3.81. The largest absolute Gasteiger partial charge is 0.371 e. The Kier molecular flexibility index (Phi) is 10.6. The van der Waals surface area contributed by atoms with E-state index in [0.717, 1.165) is 92.4 Å². The van der Waals surface area contributed by atoms with Crippen LogP contribution in [0, 0.1) is 0 Å². The van der Waals surface area contributed by atoms with Crippen LogP contribution in [0.2, 0.25) is 0 Å². The second kappa shape index (κ2) is 16.0. The summed E-state index contributed by atoms with van der Waals surface area (Å²) in [6.45, 7) is 7.53. The molecule has 286 valence electrons. The first-order valence-electron chi connectivity index (χ1n) is 18.9. The van der Waals surface area contributed by atoms with E-state index in [1.165, 1.54) is 7.11 Å². The van der Waals surface area contributed by atoms with E-state index < -0.39 is 6.10 Å². The fourth-order valence-electron chi connectivity index (χ4n) is 8.18. The quantitative estimate of drug-likeness (QED) is 0.219. The number of carbonyl (C=O) groups is 4. The van der Waals surface area contributed by atoms with Gasteiger partial charge >= 0.3 is 6.03 Å². The molecule has 8 rings (SSSR count). The van der Waals surface area contributed by atoms with Crippen molar-refractivity contribution in [3.8, 4) is 0 Å². The molecule has 3 saturated heterocycles. The number of aromatic nitrogens is 3. The zero-order valence-electron chi connectivity index (χ0n) is 30.9. The predicted molar refractivity (Wildman–Crippen MR) is 205 cm³/mol. The third-order valence-corrected chi connectivity index (χ3v) is 11.3. The van der Waals surface area contributed by atoms with E-state index in [1.807, 2.05) is 60.7 Å². The van der Waals surface area contributed by atoms with Crippen LogP contribution in [0.4, 0.5) is 22.0 Å². The number of piperidine rings is 1. The molecule has 3 fully saturated rings. The maximum atomic E-state index is 13.3. The molecule has 15 nitrogen and oxygen atoms in total. The number of imide groups is 1. The maximum Gasteiger partial charge on any atom is 0.328 e. The molecule has 0 bridgehead atoms. The monoisotopic (exact) mass is 746 g/mol. The van der Waals surface area contributed by atoms with Crippen molar-refractivity contribution < 1.29 is 23.9 Å². The van der Waals surface area contributed by atoms with Gasteiger partial charge in [-0.1, -0.05) is 30.3 Å². The summed E-state index contributed by atoms with van der Waals surface area (Å²) in [4.78, 5) is 65.8. The highest BCUT2D eigenvalue weighted by atomic mass is 16.5. The Morgan fingerprint density at radius 2 is 1.69 bits per heavy atom. The Bertz CT molecular complexity index is 2020. The Labute approximate surface area is 319 Å². The molecule has 0 spiro atoms. The summed E-state index contributed by atoms with van der Waals surface area (Å²) < 4.78 is 5.56. The minimum Gasteiger partial charge on any atom is -0.371 e. The van der Waals surface area contributed by atoms with Crippen molar-refractivity contribution in [2.24, 2.45) is 0 Å². The van der Waals surface area contributed by atoms with Gasteiger partial charge in [0.05, 0.1) is 30.7 Å². The van der Waals surface area contributed by atoms with Gasteiger partial charge in [-0.05, 0) is 54.3 Å². The number of hydrogen-bond donors (Lipinski definition) is 3. The number of pyridine rings is 1. The standard InChI is InChI=1S/C40H46N10O5/c1-55-36(27-5-3-2-4-6-27)39(53)49-25-32-33(26-49)44-45-37(32)43-38(52)28-7-9-30(10-8-28)47-16-12-31(13-17-47)48-21-19-46(20-22-48)24-29-11-15-41-23-34(29)50-18-14-35(51)42-40(50)54/h2-11,15,23,31,36H,12-14,16-22,24-26H2,1H3,(H,42,51,54)(H2,43,44,45,52)/t36-/m1/s1. The number of benzene rings is 2. The molecule has 55 heavy (non-hydrogen) atoms. The smallest absolute Gasteiger partial charge is 0.328 e. The lowest BCUT2D eigenvalue weighted by atomic mass is 10.0. The van der Waals surface area contributed by atoms with Crippen molar-refractivity contribution in [2.75, 3.05) is 68.0 Å². The Hall–Kier alpha value is -5.64. The van der Waals surface area contributed by atoms with Gasteiger partial charge in [-0.3, -0.25) is 44.5 Å². The van der Waals surface area contributed by atoms with E-state index in [2.05, 4.69) is 40.5 Å². The lowest BCUT2D eigenvalue weighted by Crippen LogP contribution is -2.53. The molecule has 1 atom stereocenters. The third kappa shape index (κ3) is 7.81. The molecule has 15 heteroatoms. The van der Waals surface area contributed by atoms with Crippen molar-refractivity contribution in [1.82, 2.24) is 35.2 Å². The molecule has 4 aliphatic heterocycles. The number of hydrogen-bond acceptors (Lipinski definition) is 10. The zero-order chi connectivity index (χ0) is 37.9. The Morgan fingerprint density at radius 1 is 0.927 bits per heavy atom. The van der Waals surface area contributed by atoms with Crippen LogP contribution in [0.5, 0.6) is 0 Å². The topological polar surface area (TPSA) is 159 Å². The molecule has 0 unspecified atom stereocenters. The van der Waals surface area contributed by atoms with Gasteiger partial charge in [0.25, 0.3) is 11.8 Å². The second-order valence-electron chi connectivity index (χ2n) is 14.5. The number of urea groups is 1. The summed E-state index contributed by atoms with van der Waals surface area (Å²) in [6, 6.07) is 19.2. The van der Waals surface area contributed by atoms with Gasteiger partial charge in [-0.25, -0.2) is 4.79 Å². The molecule has 2 aromatic carbocycles. The second-order valence-corrected chi connectivity index (χ2v) is 14.5. The van der Waals surface area contributed by atoms with Crippen LogP contribution < -0.4 is 20.4 Å². The molecule has 6 heterocycles. The molecule has 4 aliphatic rings. The highest BCUT2D eigenvalue weighted by Gasteiger charge is 2.34. The number of anilines is 3. The number of nitrogens with one attached hydrogen (secondary N) is 3. The molecular formula is C40H46N10O5. The molecular weight excluding hydrogens is 701 g/mol. The van der Waals surface area contributed by atoms with E-state index in [4.69, 9.17) is 4.74 Å². The van der Waals surface area contributed by atoms with E-state index in [9.17, 15) is 19.2 Å². The van der Waals surface area contributed by atoms with Gasteiger partial charge < -0.3 is 19.9 Å². The number of aromatic amines is 1. The lowest BCUT2D eigenvalue weighted by molar-refractivity contribution is -0.143. The van der Waals surface area contributed by atoms with Gasteiger partial charge in [0.1, 0.15) is 0 Å². The maximum absolute atomic E-state index is 13.3. The fraction of sp³-hybridized carbons (Fsp3) is 0.400. The van der Waals surface area contributed by atoms with Crippen molar-refractivity contribution in [3.05, 3.63) is 101 Å². The fourth-order valence-corrected chi connectivity index (χ4v) is 8.18. The minimum absolute atomic E-state index is 0.142. The number of methoxy groups -OCH3 is 1. The van der Waals surface area contributed by atoms with Gasteiger partial charge in [-0.15, -0.1) is 0 Å². The number of ether oxygens (including phenoxy) is 1. The van der Waals surface area contributed by atoms with Crippen LogP contribution in [-0.4, -0.2) is 113 Å². The first kappa shape index (κ1) is 36.3. The number of amides is 5. The summed E-state index contributed by atoms with van der Waals surface area (Å²) in [5.41, 5.74) is 5.83. The highest BCUT2D eigenvalue weighted by molar-refractivity contribution is 6.06. The molecule has 0 aliphatic carbocycles. The van der Waals surface area contributed by atoms with E-state index in [0.29, 0.717) is 37.1 Å². The van der Waals surface area contributed by atoms with Crippen LogP contribution in [-0.2, 0) is 34.0 Å². The average molecular weight is 747 g/mol. The molecule has 3 N–H and O–H groups in total. The van der Waals surface area contributed by atoms with Crippen molar-refractivity contribution >= 4 is 40.9 Å². The van der Waals surface area contributed by atoms with Crippen LogP contribution in [0.15, 0.2) is 73.1 Å². The van der Waals surface area contributed by atoms with E-state index in [-0.39, 0.29) is 30.2 Å². The lowest BCUT2D eigenvalue weighted by Gasteiger charge is -2.43. The Morgan fingerprint density at radius 3 is 2.42 bits per heavy atom. The van der Waals surface area contributed by atoms with Gasteiger partial charge in [0, 0.05) is 94.9 Å². The molecule has 2 aromatic heterocycles. The number of rotatable bonds is 10. The number of H-pyrrole nitrogens is 1. The van der Waals surface area contributed by atoms with Crippen LogP contribution in [0.3, 0.4) is 0 Å². The van der Waals surface area contributed by atoms with Gasteiger partial charge in [0.15, 0.2) is 11.9 Å². The third-order valence-electron chi connectivity index (χ3n) is 11.3. The van der Waals surface area contributed by atoms with E-state index in [1.54, 1.807) is 22.2 Å². The van der Waals surface area contributed by atoms with Gasteiger partial charge in [-0.2, -0.15) is 5.10 Å². The summed E-state index contributed by atoms with van der Waals surface area (Å²) in [6.07, 6.45) is 5.19. The van der Waals surface area contributed by atoms with Crippen molar-refractivity contribution in [1.29, 1.82) is 0 Å². The van der Waals surface area contributed by atoms with Crippen LogP contribution >= 0.6 is 0 Å². The number of carbonyl (C=O) groups excluding carboxylic acids is 4. The summed E-state index contributed by atoms with van der Waals surface area (Å²) in [7, 11) is 1.53. The first-order chi connectivity index (χ1) is 26.8. The van der Waals surface area contributed by atoms with Crippen LogP contribution in [0.25, 0.3) is 0 Å². The normalized spacial score (nSPS) is 19.0. The number of fused-ring (bicyclic) bond motifs is 1. The minimum atomic E-state index is -0.705. The number of piperazine rings is 1. The predicted octanol–water partition coefficient (Wildman–Crippen LogP) is 3.52. The van der Waals surface area contributed by atoms with Crippen LogP contribution in [0.1, 0.15) is 58.1 Å². The molecule has 0 saturated carbocycles. The Balaban J connectivity index is 0.798. The summed E-state index contributed by atoms with van der Waals surface area (Å²) in [5.74, 6) is -0.206. The first-order valence-corrected chi connectivity index (χ1v) is 18.9. The SMILES string of the molecule is CO[C@@H](C(=O)N1Cc2[nH]nc(NC(=O)c3ccc(N4CCC(N5CCN(Cc6ccncc6N6CCC(=O)NC6=O)CC5)CC4)cc3)c2C1)c1ccccc1. The molecule has 4 aromatic rings. The number of nitrogens with zero attached hydrogens (tertiary/aromatic N) is 7. The van der Waals surface area contributed by atoms with E-state index >= 15 is 0 Å². The zero-order valence-corrected chi connectivity index (χ0v) is 30.9. The molecule has 0 radical (unpaired) electrons. The van der Waals surface area contributed by atoms with Crippen molar-refractivity contribution in [3.63, 3.8) is 0 Å². The molecule has 5 amide bonds. The summed E-state index contributed by atoms with van der Waals surface area (Å²) in [5, 5.41) is 12.7. The van der Waals surface area contributed by atoms with Gasteiger partial charge in [0.2, 0.25) is 5.91 Å². The highest BCUT2D eigenvalue weighted by Crippen LogP contribution is 2.31. The van der Waals surface area contributed by atoms with Crippen molar-refractivity contribution in [2.45, 2.75) is 51.0 Å². The summed E-state index contributed by atoms with van der Waals surface area (Å²) >= 11 is 0.